The van der Waals surface area contributed by atoms with Crippen molar-refractivity contribution in [2.24, 2.45) is 0 Å². The van der Waals surface area contributed by atoms with Crippen molar-refractivity contribution in [3.63, 3.8) is 0 Å². The zero-order valence-electron chi connectivity index (χ0n) is 16.3. The molecule has 0 aliphatic rings. The third-order valence-corrected chi connectivity index (χ3v) is 6.63. The molecular formula is C21H25ClN2O3S. The lowest BCUT2D eigenvalue weighted by molar-refractivity contribution is -0.125. The van der Waals surface area contributed by atoms with Crippen molar-refractivity contribution in [3.8, 4) is 0 Å². The van der Waals surface area contributed by atoms with Gasteiger partial charge in [0, 0.05) is 37.8 Å². The van der Waals surface area contributed by atoms with Gasteiger partial charge in [-0.15, -0.1) is 0 Å². The Kier molecular flexibility index (Phi) is 7.80. The summed E-state index contributed by atoms with van der Waals surface area (Å²) in [4.78, 5) is 14.1. The quantitative estimate of drug-likeness (QED) is 0.605. The van der Waals surface area contributed by atoms with Crippen molar-refractivity contribution in [2.75, 3.05) is 20.1 Å². The normalized spacial score (nSPS) is 11.9. The van der Waals surface area contributed by atoms with E-state index in [0.29, 0.717) is 24.7 Å². The Bertz CT molecular complexity index is 936. The Balaban J connectivity index is 2.04. The summed E-state index contributed by atoms with van der Waals surface area (Å²) in [7, 11) is -1.76. The highest BCUT2D eigenvalue weighted by atomic mass is 35.5. The maximum absolute atomic E-state index is 12.5. The van der Waals surface area contributed by atoms with Crippen LogP contribution in [-0.4, -0.2) is 43.7 Å². The van der Waals surface area contributed by atoms with Crippen LogP contribution in [0.2, 0.25) is 5.02 Å². The lowest BCUT2D eigenvalue weighted by atomic mass is 10.2. The van der Waals surface area contributed by atoms with Gasteiger partial charge in [0.25, 0.3) is 0 Å². The Morgan fingerprint density at radius 3 is 2.29 bits per heavy atom. The molecule has 2 aromatic rings. The predicted octanol–water partition coefficient (Wildman–Crippen LogP) is 4.04. The molecule has 28 heavy (non-hydrogen) atoms. The minimum absolute atomic E-state index is 0.153. The van der Waals surface area contributed by atoms with Crippen LogP contribution in [0.4, 0.5) is 0 Å². The summed E-state index contributed by atoms with van der Waals surface area (Å²) < 4.78 is 26.4. The van der Waals surface area contributed by atoms with Crippen LogP contribution in [0.25, 0.3) is 6.08 Å². The summed E-state index contributed by atoms with van der Waals surface area (Å²) in [6.45, 7) is 4.92. The van der Waals surface area contributed by atoms with Gasteiger partial charge in [0.1, 0.15) is 0 Å². The van der Waals surface area contributed by atoms with Gasteiger partial charge in [-0.2, -0.15) is 4.31 Å². The molecule has 0 aromatic heterocycles. The molecule has 0 atom stereocenters. The maximum atomic E-state index is 12.5. The van der Waals surface area contributed by atoms with E-state index < -0.39 is 10.0 Å². The van der Waals surface area contributed by atoms with Gasteiger partial charge in [-0.1, -0.05) is 49.7 Å². The summed E-state index contributed by atoms with van der Waals surface area (Å²) in [6.07, 6.45) is 3.14. The number of hydrogen-bond acceptors (Lipinski definition) is 3. The Hall–Kier alpha value is -2.15. The smallest absolute Gasteiger partial charge is 0.246 e. The number of sulfonamides is 1. The van der Waals surface area contributed by atoms with Crippen LogP contribution in [0, 0.1) is 0 Å². The van der Waals surface area contributed by atoms with E-state index in [2.05, 4.69) is 0 Å². The monoisotopic (exact) mass is 420 g/mol. The van der Waals surface area contributed by atoms with E-state index >= 15 is 0 Å². The van der Waals surface area contributed by atoms with Crippen molar-refractivity contribution in [3.05, 3.63) is 70.8 Å². The second-order valence-corrected chi connectivity index (χ2v) is 8.69. The molecule has 0 saturated heterocycles. The molecule has 150 valence electrons. The summed E-state index contributed by atoms with van der Waals surface area (Å²) >= 11 is 5.97. The van der Waals surface area contributed by atoms with E-state index in [-0.39, 0.29) is 10.8 Å². The summed E-state index contributed by atoms with van der Waals surface area (Å²) in [5.41, 5.74) is 1.70. The van der Waals surface area contributed by atoms with Crippen LogP contribution in [0.1, 0.15) is 25.0 Å². The minimum Gasteiger partial charge on any atom is -0.338 e. The van der Waals surface area contributed by atoms with Gasteiger partial charge in [0.15, 0.2) is 0 Å². The number of nitrogens with zero attached hydrogens (tertiary/aromatic N) is 2. The zero-order valence-corrected chi connectivity index (χ0v) is 17.9. The summed E-state index contributed by atoms with van der Waals surface area (Å²) in [6, 6.07) is 13.9. The number of amides is 1. The second-order valence-electron chi connectivity index (χ2n) is 6.32. The molecule has 0 unspecified atom stereocenters. The molecule has 0 radical (unpaired) electrons. The number of likely N-dealkylation sites (N-methyl/N-ethyl adjacent to an activating group) is 1. The number of carbonyl (C=O) groups is 1. The van der Waals surface area contributed by atoms with Gasteiger partial charge in [-0.3, -0.25) is 4.79 Å². The molecule has 0 N–H and O–H groups in total. The van der Waals surface area contributed by atoms with Gasteiger partial charge < -0.3 is 4.90 Å². The number of carbonyl (C=O) groups excluding carboxylic acids is 1. The van der Waals surface area contributed by atoms with Crippen LogP contribution >= 0.6 is 11.6 Å². The topological polar surface area (TPSA) is 57.7 Å². The van der Waals surface area contributed by atoms with E-state index in [1.54, 1.807) is 48.4 Å². The van der Waals surface area contributed by atoms with Gasteiger partial charge in [-0.25, -0.2) is 8.42 Å². The molecule has 0 saturated carbocycles. The van der Waals surface area contributed by atoms with Crippen LogP contribution in [0.5, 0.6) is 0 Å². The van der Waals surface area contributed by atoms with Crippen molar-refractivity contribution in [1.82, 2.24) is 9.21 Å². The molecule has 1 amide bonds. The average Bonchev–Trinajstić information content (AvgIpc) is 2.67. The molecule has 0 heterocycles. The fourth-order valence-corrected chi connectivity index (χ4v) is 4.42. The molecule has 0 fully saturated rings. The summed E-state index contributed by atoms with van der Waals surface area (Å²) in [5, 5.41) is 0.633. The highest BCUT2D eigenvalue weighted by Gasteiger charge is 2.20. The van der Waals surface area contributed by atoms with E-state index in [0.717, 1.165) is 11.1 Å². The minimum atomic E-state index is -3.48. The number of benzene rings is 2. The first-order chi connectivity index (χ1) is 13.3. The fraction of sp³-hybridized carbons (Fsp3) is 0.286. The van der Waals surface area contributed by atoms with Crippen LogP contribution in [-0.2, 0) is 21.4 Å². The van der Waals surface area contributed by atoms with Crippen molar-refractivity contribution < 1.29 is 13.2 Å². The first kappa shape index (κ1) is 22.1. The highest BCUT2D eigenvalue weighted by molar-refractivity contribution is 7.89. The number of hydrogen-bond donors (Lipinski definition) is 0. The molecule has 0 aliphatic heterocycles. The van der Waals surface area contributed by atoms with Crippen molar-refractivity contribution in [1.29, 1.82) is 0 Å². The third-order valence-electron chi connectivity index (χ3n) is 4.33. The molecule has 2 aromatic carbocycles. The number of rotatable bonds is 8. The van der Waals surface area contributed by atoms with Gasteiger partial charge >= 0.3 is 0 Å². The zero-order chi connectivity index (χ0) is 20.7. The van der Waals surface area contributed by atoms with Crippen molar-refractivity contribution >= 4 is 33.6 Å². The van der Waals surface area contributed by atoms with Crippen LogP contribution in [0.15, 0.2) is 59.5 Å². The highest BCUT2D eigenvalue weighted by Crippen LogP contribution is 2.17. The maximum Gasteiger partial charge on any atom is 0.246 e. The third kappa shape index (κ3) is 5.67. The SMILES string of the molecule is CCN(CC)S(=O)(=O)c1ccc(/C=C/C(=O)N(C)Cc2cccc(Cl)c2)cc1. The largest absolute Gasteiger partial charge is 0.338 e. The van der Waals surface area contributed by atoms with Gasteiger partial charge in [0.05, 0.1) is 4.90 Å². The predicted molar refractivity (Wildman–Crippen MR) is 114 cm³/mol. The summed E-state index contributed by atoms with van der Waals surface area (Å²) in [5.74, 6) is -0.153. The standard InChI is InChI=1S/C21H25ClN2O3S/c1-4-24(5-2)28(26,27)20-12-9-17(10-13-20)11-14-21(25)23(3)16-18-7-6-8-19(22)15-18/h6-15H,4-5,16H2,1-3H3/b14-11+. The lowest BCUT2D eigenvalue weighted by Gasteiger charge is -2.18. The van der Waals surface area contributed by atoms with Gasteiger partial charge in [-0.05, 0) is 41.5 Å². The van der Waals surface area contributed by atoms with E-state index in [1.807, 2.05) is 32.0 Å². The van der Waals surface area contributed by atoms with Crippen LogP contribution < -0.4 is 0 Å². The van der Waals surface area contributed by atoms with Crippen LogP contribution in [0.3, 0.4) is 0 Å². The molecule has 7 heteroatoms. The Labute approximate surface area is 172 Å². The molecule has 2 rings (SSSR count). The van der Waals surface area contributed by atoms with Gasteiger partial charge in [0.2, 0.25) is 15.9 Å². The van der Waals surface area contributed by atoms with E-state index in [9.17, 15) is 13.2 Å². The molecule has 0 spiro atoms. The fourth-order valence-electron chi connectivity index (χ4n) is 2.75. The van der Waals surface area contributed by atoms with Crippen molar-refractivity contribution in [2.45, 2.75) is 25.3 Å². The van der Waals surface area contributed by atoms with E-state index in [1.165, 1.54) is 10.4 Å². The lowest BCUT2D eigenvalue weighted by Crippen LogP contribution is -2.30. The number of halogens is 1. The molecule has 0 aliphatic carbocycles. The Morgan fingerprint density at radius 1 is 1.07 bits per heavy atom. The average molecular weight is 421 g/mol. The first-order valence-corrected chi connectivity index (χ1v) is 10.9. The molecule has 5 nitrogen and oxygen atoms in total. The first-order valence-electron chi connectivity index (χ1n) is 9.05. The molecule has 0 bridgehead atoms. The molecular weight excluding hydrogens is 396 g/mol. The Morgan fingerprint density at radius 2 is 1.71 bits per heavy atom. The second kappa shape index (κ2) is 9.87. The van der Waals surface area contributed by atoms with E-state index in [4.69, 9.17) is 11.6 Å².